The van der Waals surface area contributed by atoms with E-state index in [9.17, 15) is 17.6 Å². The number of amidine groups is 1. The monoisotopic (exact) mass is 408 g/mol. The first-order valence-corrected chi connectivity index (χ1v) is 8.36. The number of alkyl halides is 3. The molecule has 0 saturated carbocycles. The first-order chi connectivity index (χ1) is 13.5. The van der Waals surface area contributed by atoms with Gasteiger partial charge >= 0.3 is 6.18 Å². The van der Waals surface area contributed by atoms with Crippen LogP contribution in [0.4, 0.5) is 29.2 Å². The lowest BCUT2D eigenvalue weighted by Gasteiger charge is -2.40. The lowest BCUT2D eigenvalue weighted by molar-refractivity contribution is -0.249. The van der Waals surface area contributed by atoms with Crippen molar-refractivity contribution in [3.8, 4) is 6.07 Å². The molecule has 0 fully saturated rings. The summed E-state index contributed by atoms with van der Waals surface area (Å²) in [5.41, 5.74) is 1.17. The molecule has 2 aromatic rings. The predicted octanol–water partition coefficient (Wildman–Crippen LogP) is 3.15. The second-order valence-electron chi connectivity index (χ2n) is 6.75. The number of aromatic nitrogens is 2. The highest BCUT2D eigenvalue weighted by atomic mass is 19.4. The zero-order valence-corrected chi connectivity index (χ0v) is 15.4. The van der Waals surface area contributed by atoms with Crippen LogP contribution in [0.2, 0.25) is 0 Å². The Kier molecular flexibility index (Phi) is 4.92. The smallest absolute Gasteiger partial charge is 0.385 e. The number of nitrogens with one attached hydrogen (secondary N) is 1. The Morgan fingerprint density at radius 2 is 2.00 bits per heavy atom. The topological polar surface area (TPSA) is 109 Å². The molecule has 2 atom stereocenters. The Morgan fingerprint density at radius 1 is 1.28 bits per heavy atom. The summed E-state index contributed by atoms with van der Waals surface area (Å²) in [4.78, 5) is 12.0. The van der Waals surface area contributed by atoms with Crippen LogP contribution in [-0.2, 0) is 10.3 Å². The Balaban J connectivity index is 2.00. The summed E-state index contributed by atoms with van der Waals surface area (Å²) in [6.07, 6.45) is -3.34. The van der Waals surface area contributed by atoms with Gasteiger partial charge in [-0.25, -0.2) is 14.4 Å². The molecule has 0 aromatic carbocycles. The highest BCUT2D eigenvalue weighted by Crippen LogP contribution is 2.41. The van der Waals surface area contributed by atoms with Crippen LogP contribution in [0.3, 0.4) is 0 Å². The fourth-order valence-electron chi connectivity index (χ4n) is 2.72. The van der Waals surface area contributed by atoms with Crippen molar-refractivity contribution in [2.45, 2.75) is 31.2 Å². The van der Waals surface area contributed by atoms with Gasteiger partial charge in [0.25, 0.3) is 0 Å². The Hall–Kier alpha value is -3.26. The maximum atomic E-state index is 14.5. The molecule has 11 heteroatoms. The standard InChI is InChI=1S/C18H16F4N6O/c1-16(9-29-17(2,15(24)28-16)18(20,21)22)13-11(19)5-6-12(26-13)27-14-10(8-23)4-3-7-25-14/h3-7H,9H2,1-2H3,(H2,24,28)(H,25,26,27)/t16-,17+/m0/s1. The fourth-order valence-corrected chi connectivity index (χ4v) is 2.72. The number of nitrogens with zero attached hydrogens (tertiary/aromatic N) is 4. The van der Waals surface area contributed by atoms with Gasteiger partial charge in [0.2, 0.25) is 5.60 Å². The minimum absolute atomic E-state index is 0.121. The van der Waals surface area contributed by atoms with Gasteiger partial charge in [-0.1, -0.05) is 0 Å². The number of hydrogen-bond donors (Lipinski definition) is 2. The van der Waals surface area contributed by atoms with Crippen molar-refractivity contribution >= 4 is 17.5 Å². The van der Waals surface area contributed by atoms with E-state index in [0.29, 0.717) is 0 Å². The van der Waals surface area contributed by atoms with E-state index in [1.54, 1.807) is 6.07 Å². The van der Waals surface area contributed by atoms with Gasteiger partial charge in [-0.15, -0.1) is 0 Å². The van der Waals surface area contributed by atoms with Crippen LogP contribution in [-0.4, -0.2) is 34.2 Å². The highest BCUT2D eigenvalue weighted by Gasteiger charge is 2.59. The molecule has 0 spiro atoms. The second kappa shape index (κ2) is 6.97. The van der Waals surface area contributed by atoms with Crippen LogP contribution in [0, 0.1) is 17.1 Å². The number of ether oxygens (including phenoxy) is 1. The molecule has 152 valence electrons. The van der Waals surface area contributed by atoms with E-state index in [0.717, 1.165) is 13.0 Å². The summed E-state index contributed by atoms with van der Waals surface area (Å²) < 4.78 is 59.3. The van der Waals surface area contributed by atoms with E-state index in [4.69, 9.17) is 15.7 Å². The van der Waals surface area contributed by atoms with Gasteiger partial charge in [-0.3, -0.25) is 4.99 Å². The molecule has 1 aliphatic rings. The van der Waals surface area contributed by atoms with Crippen LogP contribution in [0.5, 0.6) is 0 Å². The number of aliphatic imine (C=N–C) groups is 1. The SMILES string of the molecule is C[C@@]1(c2nc(Nc3ncccc3C#N)ccc2F)CO[C@@](C)(C(F)(F)F)C(N)=N1. The molecule has 0 amide bonds. The van der Waals surface area contributed by atoms with Gasteiger partial charge in [0.15, 0.2) is 0 Å². The Labute approximate surface area is 163 Å². The lowest BCUT2D eigenvalue weighted by Crippen LogP contribution is -2.60. The molecule has 3 rings (SSSR count). The number of nitriles is 1. The van der Waals surface area contributed by atoms with Gasteiger partial charge in [0.1, 0.15) is 40.6 Å². The van der Waals surface area contributed by atoms with Gasteiger partial charge in [0, 0.05) is 6.20 Å². The maximum Gasteiger partial charge on any atom is 0.424 e. The Bertz CT molecular complexity index is 1020. The number of halogens is 4. The average Bonchev–Trinajstić information content (AvgIpc) is 2.66. The average molecular weight is 408 g/mol. The third kappa shape index (κ3) is 3.58. The molecular formula is C18H16F4N6O. The van der Waals surface area contributed by atoms with Gasteiger partial charge in [-0.05, 0) is 38.1 Å². The summed E-state index contributed by atoms with van der Waals surface area (Å²) in [6, 6.07) is 7.43. The van der Waals surface area contributed by atoms with Crippen molar-refractivity contribution in [1.29, 1.82) is 5.26 Å². The third-order valence-corrected chi connectivity index (χ3v) is 4.57. The van der Waals surface area contributed by atoms with E-state index >= 15 is 0 Å². The molecule has 0 radical (unpaired) electrons. The number of nitrogens with two attached hydrogens (primary N) is 1. The molecule has 2 aromatic heterocycles. The maximum absolute atomic E-state index is 14.5. The Morgan fingerprint density at radius 3 is 2.62 bits per heavy atom. The van der Waals surface area contributed by atoms with Crippen molar-refractivity contribution < 1.29 is 22.3 Å². The summed E-state index contributed by atoms with van der Waals surface area (Å²) in [6.45, 7) is 1.54. The van der Waals surface area contributed by atoms with Gasteiger partial charge in [-0.2, -0.15) is 18.4 Å². The molecular weight excluding hydrogens is 392 g/mol. The largest absolute Gasteiger partial charge is 0.424 e. The minimum atomic E-state index is -4.79. The molecule has 1 aliphatic heterocycles. The van der Waals surface area contributed by atoms with Crippen molar-refractivity contribution in [3.05, 3.63) is 47.5 Å². The van der Waals surface area contributed by atoms with Crippen molar-refractivity contribution in [2.75, 3.05) is 11.9 Å². The summed E-state index contributed by atoms with van der Waals surface area (Å²) >= 11 is 0. The number of pyridine rings is 2. The van der Waals surface area contributed by atoms with E-state index < -0.39 is 35.6 Å². The van der Waals surface area contributed by atoms with E-state index in [1.165, 1.54) is 25.3 Å². The van der Waals surface area contributed by atoms with Crippen molar-refractivity contribution in [1.82, 2.24) is 9.97 Å². The first-order valence-electron chi connectivity index (χ1n) is 8.36. The van der Waals surface area contributed by atoms with E-state index in [2.05, 4.69) is 20.3 Å². The normalized spacial score (nSPS) is 24.5. The van der Waals surface area contributed by atoms with Crippen LogP contribution < -0.4 is 11.1 Å². The fraction of sp³-hybridized carbons (Fsp3) is 0.333. The molecule has 29 heavy (non-hydrogen) atoms. The summed E-state index contributed by atoms with van der Waals surface area (Å²) in [7, 11) is 0. The van der Waals surface area contributed by atoms with Gasteiger partial charge < -0.3 is 15.8 Å². The van der Waals surface area contributed by atoms with E-state index in [1.807, 2.05) is 6.07 Å². The molecule has 0 unspecified atom stereocenters. The van der Waals surface area contributed by atoms with E-state index in [-0.39, 0.29) is 22.9 Å². The molecule has 0 aliphatic carbocycles. The third-order valence-electron chi connectivity index (χ3n) is 4.57. The zero-order chi connectivity index (χ0) is 21.4. The predicted molar refractivity (Wildman–Crippen MR) is 95.8 cm³/mol. The highest BCUT2D eigenvalue weighted by molar-refractivity contribution is 5.90. The second-order valence-corrected chi connectivity index (χ2v) is 6.75. The lowest BCUT2D eigenvalue weighted by atomic mass is 9.93. The molecule has 7 nitrogen and oxygen atoms in total. The summed E-state index contributed by atoms with van der Waals surface area (Å²) in [5.74, 6) is -1.31. The van der Waals surface area contributed by atoms with Crippen LogP contribution in [0.25, 0.3) is 0 Å². The van der Waals surface area contributed by atoms with Crippen LogP contribution >= 0.6 is 0 Å². The van der Waals surface area contributed by atoms with Crippen molar-refractivity contribution in [2.24, 2.45) is 10.7 Å². The quantitative estimate of drug-likeness (QED) is 0.755. The number of hydrogen-bond acceptors (Lipinski definition) is 7. The van der Waals surface area contributed by atoms with Crippen LogP contribution in [0.15, 0.2) is 35.5 Å². The number of rotatable bonds is 3. The molecule has 3 heterocycles. The number of anilines is 2. The molecule has 0 bridgehead atoms. The minimum Gasteiger partial charge on any atom is -0.385 e. The van der Waals surface area contributed by atoms with Crippen molar-refractivity contribution in [3.63, 3.8) is 0 Å². The molecule has 0 saturated heterocycles. The summed E-state index contributed by atoms with van der Waals surface area (Å²) in [5, 5.41) is 11.9. The zero-order valence-electron chi connectivity index (χ0n) is 15.4. The van der Waals surface area contributed by atoms with Crippen LogP contribution in [0.1, 0.15) is 25.1 Å². The van der Waals surface area contributed by atoms with Gasteiger partial charge in [0.05, 0.1) is 12.2 Å². The first kappa shape index (κ1) is 20.5. The molecule has 3 N–H and O–H groups in total.